The lowest BCUT2D eigenvalue weighted by atomic mass is 9.88. The lowest BCUT2D eigenvalue weighted by Gasteiger charge is -2.48. The maximum absolute atomic E-state index is 12.2. The molecule has 3 N–H and O–H groups in total. The van der Waals surface area contributed by atoms with Crippen LogP contribution >= 0.6 is 23.2 Å². The van der Waals surface area contributed by atoms with E-state index in [1.165, 1.54) is 6.33 Å². The lowest BCUT2D eigenvalue weighted by molar-refractivity contribution is -0.125. The number of fused-ring (bicyclic) bond motifs is 1. The van der Waals surface area contributed by atoms with E-state index in [-0.39, 0.29) is 5.91 Å². The molecule has 0 aliphatic carbocycles. The fraction of sp³-hybridized carbons (Fsp3) is 0.250. The molecule has 10 heteroatoms. The summed E-state index contributed by atoms with van der Waals surface area (Å²) in [4.78, 5) is 23.3. The summed E-state index contributed by atoms with van der Waals surface area (Å²) in [5, 5.41) is 9.38. The van der Waals surface area contributed by atoms with Gasteiger partial charge in [0.1, 0.15) is 23.1 Å². The minimum absolute atomic E-state index is 0.369. The number of anilines is 1. The van der Waals surface area contributed by atoms with E-state index in [1.807, 2.05) is 60.4 Å². The maximum Gasteiger partial charge on any atom is 0.241 e. The predicted octanol–water partition coefficient (Wildman–Crippen LogP) is 3.83. The fourth-order valence-corrected chi connectivity index (χ4v) is 4.60. The molecule has 3 heterocycles. The first-order valence-electron chi connectivity index (χ1n) is 11.0. The zero-order valence-corrected chi connectivity index (χ0v) is 20.0. The second kappa shape index (κ2) is 8.87. The van der Waals surface area contributed by atoms with Gasteiger partial charge in [0.05, 0.1) is 10.7 Å². The van der Waals surface area contributed by atoms with E-state index in [0.29, 0.717) is 46.5 Å². The summed E-state index contributed by atoms with van der Waals surface area (Å²) in [6, 6.07) is 15.0. The van der Waals surface area contributed by atoms with Gasteiger partial charge < -0.3 is 16.0 Å². The molecule has 2 aromatic heterocycles. The van der Waals surface area contributed by atoms with E-state index >= 15 is 0 Å². The summed E-state index contributed by atoms with van der Waals surface area (Å²) in [6.07, 6.45) is 2.42. The van der Waals surface area contributed by atoms with Gasteiger partial charge in [-0.25, -0.2) is 14.6 Å². The van der Waals surface area contributed by atoms with Crippen LogP contribution in [0.1, 0.15) is 13.3 Å². The van der Waals surface area contributed by atoms with Gasteiger partial charge >= 0.3 is 0 Å². The quantitative estimate of drug-likeness (QED) is 0.403. The molecule has 2 aromatic carbocycles. The highest BCUT2D eigenvalue weighted by Crippen LogP contribution is 2.37. The van der Waals surface area contributed by atoms with E-state index in [0.717, 1.165) is 23.4 Å². The second-order valence-electron chi connectivity index (χ2n) is 8.34. The number of nitrogens with one attached hydrogen (secondary N) is 1. The predicted molar refractivity (Wildman–Crippen MR) is 135 cm³/mol. The number of primary amides is 1. The number of carbonyl (C=O) groups is 1. The molecule has 4 aromatic rings. The van der Waals surface area contributed by atoms with Crippen molar-refractivity contribution in [2.45, 2.75) is 18.9 Å². The van der Waals surface area contributed by atoms with Crippen LogP contribution in [0.5, 0.6) is 0 Å². The summed E-state index contributed by atoms with van der Waals surface area (Å²) in [6.45, 7) is 3.57. The molecular formula is C24H23Cl2N7O. The number of carbonyl (C=O) groups excluding carboxylic acids is 1. The maximum atomic E-state index is 12.2. The van der Waals surface area contributed by atoms with Crippen molar-refractivity contribution in [2.24, 2.45) is 5.73 Å². The summed E-state index contributed by atoms with van der Waals surface area (Å²) in [5.41, 5.74) is 8.61. The number of hydrogen-bond donors (Lipinski definition) is 2. The van der Waals surface area contributed by atoms with Gasteiger partial charge in [-0.1, -0.05) is 54.4 Å². The highest BCUT2D eigenvalue weighted by molar-refractivity contribution is 6.32. The Hall–Kier alpha value is -3.20. The number of halogens is 2. The third-order valence-corrected chi connectivity index (χ3v) is 6.62. The van der Waals surface area contributed by atoms with Gasteiger partial charge in [-0.2, -0.15) is 5.10 Å². The zero-order chi connectivity index (χ0) is 23.9. The molecule has 0 spiro atoms. The van der Waals surface area contributed by atoms with Crippen molar-refractivity contribution in [2.75, 3.05) is 24.5 Å². The molecule has 0 unspecified atom stereocenters. The molecule has 1 aliphatic rings. The van der Waals surface area contributed by atoms with Gasteiger partial charge in [-0.3, -0.25) is 4.79 Å². The van der Waals surface area contributed by atoms with E-state index < -0.39 is 5.54 Å². The number of amides is 1. The Bertz CT molecular complexity index is 1360. The summed E-state index contributed by atoms with van der Waals surface area (Å²) in [5.74, 6) is 0.271. The normalized spacial score (nSPS) is 14.9. The Morgan fingerprint density at radius 3 is 2.50 bits per heavy atom. The number of aromatic nitrogens is 4. The van der Waals surface area contributed by atoms with Crippen molar-refractivity contribution >= 4 is 46.0 Å². The molecule has 34 heavy (non-hydrogen) atoms. The molecule has 5 rings (SSSR count). The molecular weight excluding hydrogens is 473 g/mol. The van der Waals surface area contributed by atoms with E-state index in [9.17, 15) is 4.79 Å². The topological polar surface area (TPSA) is 102 Å². The Kier molecular flexibility index (Phi) is 5.89. The molecule has 0 atom stereocenters. The van der Waals surface area contributed by atoms with Gasteiger partial charge in [0.25, 0.3) is 0 Å². The number of nitrogens with two attached hydrogens (primary N) is 1. The van der Waals surface area contributed by atoms with Crippen molar-refractivity contribution in [3.8, 4) is 16.9 Å². The van der Waals surface area contributed by atoms with Gasteiger partial charge in [0, 0.05) is 23.7 Å². The molecule has 0 bridgehead atoms. The van der Waals surface area contributed by atoms with E-state index in [1.54, 1.807) is 4.68 Å². The molecule has 1 saturated heterocycles. The van der Waals surface area contributed by atoms with Crippen LogP contribution in [0.15, 0.2) is 54.9 Å². The number of nitrogens with zero attached hydrogens (tertiary/aromatic N) is 5. The first-order valence-corrected chi connectivity index (χ1v) is 11.7. The summed E-state index contributed by atoms with van der Waals surface area (Å²) >= 11 is 12.7. The molecule has 1 aliphatic heterocycles. The van der Waals surface area contributed by atoms with Crippen molar-refractivity contribution in [1.29, 1.82) is 0 Å². The molecule has 0 radical (unpaired) electrons. The lowest BCUT2D eigenvalue weighted by Crippen LogP contribution is -2.75. The Labute approximate surface area is 206 Å². The summed E-state index contributed by atoms with van der Waals surface area (Å²) in [7, 11) is 0. The Morgan fingerprint density at radius 1 is 1.09 bits per heavy atom. The fourth-order valence-electron chi connectivity index (χ4n) is 4.26. The molecule has 1 amide bonds. The van der Waals surface area contributed by atoms with Crippen LogP contribution in [0.2, 0.25) is 10.0 Å². The first kappa shape index (κ1) is 22.6. The minimum Gasteiger partial charge on any atom is -0.368 e. The number of benzene rings is 2. The van der Waals surface area contributed by atoms with Crippen molar-refractivity contribution in [3.63, 3.8) is 0 Å². The van der Waals surface area contributed by atoms with Crippen LogP contribution in [-0.2, 0) is 4.79 Å². The SMILES string of the molecule is CCCNC1(C(N)=O)CN(c2ncnc3c(-c4ccc(Cl)cc4)n(-c4ccccc4Cl)nc23)C1. The molecule has 8 nitrogen and oxygen atoms in total. The van der Waals surface area contributed by atoms with Gasteiger partial charge in [0.15, 0.2) is 11.3 Å². The van der Waals surface area contributed by atoms with Crippen LogP contribution in [-0.4, -0.2) is 50.8 Å². The first-order chi connectivity index (χ1) is 16.4. The van der Waals surface area contributed by atoms with Crippen LogP contribution in [0, 0.1) is 0 Å². The third-order valence-electron chi connectivity index (χ3n) is 6.04. The van der Waals surface area contributed by atoms with Crippen LogP contribution < -0.4 is 16.0 Å². The van der Waals surface area contributed by atoms with Crippen LogP contribution in [0.3, 0.4) is 0 Å². The van der Waals surface area contributed by atoms with Crippen molar-refractivity contribution < 1.29 is 4.79 Å². The highest BCUT2D eigenvalue weighted by atomic mass is 35.5. The average Bonchev–Trinajstić information content (AvgIpc) is 3.19. The largest absolute Gasteiger partial charge is 0.368 e. The third kappa shape index (κ3) is 3.77. The minimum atomic E-state index is -0.780. The molecule has 1 fully saturated rings. The molecule has 0 saturated carbocycles. The van der Waals surface area contributed by atoms with Crippen molar-refractivity contribution in [3.05, 3.63) is 64.9 Å². The Balaban J connectivity index is 1.65. The van der Waals surface area contributed by atoms with Gasteiger partial charge in [0.2, 0.25) is 5.91 Å². The van der Waals surface area contributed by atoms with E-state index in [2.05, 4.69) is 15.3 Å². The number of rotatable bonds is 7. The van der Waals surface area contributed by atoms with Gasteiger partial charge in [-0.15, -0.1) is 0 Å². The highest BCUT2D eigenvalue weighted by Gasteiger charge is 2.49. The standard InChI is InChI=1S/C24H23Cl2N7O/c1-2-11-30-24(23(27)34)12-32(13-24)22-20-19(28-14-29-22)21(15-7-9-16(25)10-8-15)33(31-20)18-6-4-3-5-17(18)26/h3-10,14,30H,2,11-13H2,1H3,(H2,27,34). The van der Waals surface area contributed by atoms with Crippen LogP contribution in [0.4, 0.5) is 5.82 Å². The van der Waals surface area contributed by atoms with Gasteiger partial charge in [-0.05, 0) is 37.2 Å². The smallest absolute Gasteiger partial charge is 0.241 e. The number of hydrogen-bond acceptors (Lipinski definition) is 6. The monoisotopic (exact) mass is 495 g/mol. The summed E-state index contributed by atoms with van der Waals surface area (Å²) < 4.78 is 1.78. The number of para-hydroxylation sites is 1. The Morgan fingerprint density at radius 2 is 1.82 bits per heavy atom. The second-order valence-corrected chi connectivity index (χ2v) is 9.19. The molecule has 174 valence electrons. The average molecular weight is 496 g/mol. The zero-order valence-electron chi connectivity index (χ0n) is 18.5. The van der Waals surface area contributed by atoms with E-state index in [4.69, 9.17) is 34.0 Å². The van der Waals surface area contributed by atoms with Crippen LogP contribution in [0.25, 0.3) is 28.0 Å². The van der Waals surface area contributed by atoms with Crippen molar-refractivity contribution in [1.82, 2.24) is 25.1 Å².